The van der Waals surface area contributed by atoms with E-state index in [1.54, 1.807) is 11.4 Å². The third-order valence-corrected chi connectivity index (χ3v) is 5.36. The number of amides is 2. The topological polar surface area (TPSA) is 76.4 Å². The Morgan fingerprint density at radius 1 is 1.14 bits per heavy atom. The van der Waals surface area contributed by atoms with Crippen molar-refractivity contribution in [2.24, 2.45) is 0 Å². The van der Waals surface area contributed by atoms with Crippen LogP contribution in [0.25, 0.3) is 0 Å². The number of nitriles is 1. The lowest BCUT2D eigenvalue weighted by atomic mass is 10.1. The molecule has 10 heteroatoms. The van der Waals surface area contributed by atoms with Gasteiger partial charge in [0.05, 0.1) is 23.2 Å². The number of thiophene rings is 1. The molecule has 0 saturated carbocycles. The van der Waals surface area contributed by atoms with E-state index < -0.39 is 17.6 Å². The fraction of sp³-hybridized carbons (Fsp3) is 0.316. The fourth-order valence-corrected chi connectivity index (χ4v) is 3.81. The Morgan fingerprint density at radius 3 is 2.48 bits per heavy atom. The molecule has 1 aliphatic rings. The SMILES string of the molecule is N#Cc1ccsc1NC(=O)CN1CCN(C(=O)c2ccccc2C(F)(F)F)CC1. The number of carbonyl (C=O) groups is 2. The summed E-state index contributed by atoms with van der Waals surface area (Å²) in [6.45, 7) is 1.25. The van der Waals surface area contributed by atoms with Crippen LogP contribution in [0.3, 0.4) is 0 Å². The highest BCUT2D eigenvalue weighted by Crippen LogP contribution is 2.32. The number of halogens is 3. The number of alkyl halides is 3. The third kappa shape index (κ3) is 4.93. The maximum absolute atomic E-state index is 13.1. The maximum Gasteiger partial charge on any atom is 0.417 e. The van der Waals surface area contributed by atoms with Gasteiger partial charge in [-0.1, -0.05) is 12.1 Å². The van der Waals surface area contributed by atoms with Crippen molar-refractivity contribution in [3.63, 3.8) is 0 Å². The first kappa shape index (κ1) is 20.8. The van der Waals surface area contributed by atoms with Gasteiger partial charge >= 0.3 is 6.18 Å². The lowest BCUT2D eigenvalue weighted by Crippen LogP contribution is -2.50. The van der Waals surface area contributed by atoms with Crippen molar-refractivity contribution in [2.75, 3.05) is 38.0 Å². The summed E-state index contributed by atoms with van der Waals surface area (Å²) in [5, 5.41) is 13.8. The van der Waals surface area contributed by atoms with Crippen molar-refractivity contribution in [2.45, 2.75) is 6.18 Å². The lowest BCUT2D eigenvalue weighted by molar-refractivity contribution is -0.138. The zero-order valence-electron chi connectivity index (χ0n) is 15.2. The molecule has 29 heavy (non-hydrogen) atoms. The molecule has 1 aromatic heterocycles. The molecule has 1 aromatic carbocycles. The van der Waals surface area contributed by atoms with Crippen LogP contribution in [0.5, 0.6) is 0 Å². The Morgan fingerprint density at radius 2 is 1.83 bits per heavy atom. The molecule has 0 aliphatic carbocycles. The average molecular weight is 422 g/mol. The number of piperazine rings is 1. The second-order valence-corrected chi connectivity index (χ2v) is 7.35. The number of benzene rings is 1. The Hall–Kier alpha value is -2.90. The van der Waals surface area contributed by atoms with E-state index >= 15 is 0 Å². The number of hydrogen-bond donors (Lipinski definition) is 1. The van der Waals surface area contributed by atoms with Gasteiger partial charge in [-0.2, -0.15) is 18.4 Å². The van der Waals surface area contributed by atoms with Gasteiger partial charge in [-0.15, -0.1) is 11.3 Å². The number of nitrogens with one attached hydrogen (secondary N) is 1. The van der Waals surface area contributed by atoms with E-state index in [-0.39, 0.29) is 31.1 Å². The van der Waals surface area contributed by atoms with Gasteiger partial charge in [0, 0.05) is 26.2 Å². The number of nitrogens with zero attached hydrogens (tertiary/aromatic N) is 3. The second kappa shape index (κ2) is 8.63. The smallest absolute Gasteiger partial charge is 0.336 e. The molecular weight excluding hydrogens is 405 g/mol. The van der Waals surface area contributed by atoms with Crippen LogP contribution in [0.15, 0.2) is 35.7 Å². The second-order valence-electron chi connectivity index (χ2n) is 6.44. The molecule has 1 fully saturated rings. The van der Waals surface area contributed by atoms with E-state index in [1.165, 1.54) is 34.4 Å². The van der Waals surface area contributed by atoms with Gasteiger partial charge in [-0.3, -0.25) is 14.5 Å². The standard InChI is InChI=1S/C19H17F3N4O2S/c20-19(21,22)15-4-2-1-3-14(15)18(28)26-8-6-25(7-9-26)12-16(27)24-17-13(11-23)5-10-29-17/h1-5,10H,6-9,12H2,(H,24,27). The summed E-state index contributed by atoms with van der Waals surface area (Å²) in [6.07, 6.45) is -4.60. The highest BCUT2D eigenvalue weighted by Gasteiger charge is 2.36. The molecule has 0 atom stereocenters. The van der Waals surface area contributed by atoms with Gasteiger partial charge in [0.25, 0.3) is 5.91 Å². The van der Waals surface area contributed by atoms with Crippen molar-refractivity contribution >= 4 is 28.2 Å². The number of hydrogen-bond acceptors (Lipinski definition) is 5. The van der Waals surface area contributed by atoms with Crippen molar-refractivity contribution in [1.82, 2.24) is 9.80 Å². The molecule has 2 amide bonds. The predicted octanol–water partition coefficient (Wildman–Crippen LogP) is 3.04. The van der Waals surface area contributed by atoms with Crippen molar-refractivity contribution in [3.8, 4) is 6.07 Å². The van der Waals surface area contributed by atoms with Crippen LogP contribution in [0, 0.1) is 11.3 Å². The Balaban J connectivity index is 1.56. The number of rotatable bonds is 4. The normalized spacial score (nSPS) is 15.0. The van der Waals surface area contributed by atoms with Crippen molar-refractivity contribution in [1.29, 1.82) is 5.26 Å². The molecule has 2 aromatic rings. The minimum atomic E-state index is -4.60. The van der Waals surface area contributed by atoms with Gasteiger partial charge in [0.15, 0.2) is 0 Å². The number of carbonyl (C=O) groups excluding carboxylic acids is 2. The predicted molar refractivity (Wildman–Crippen MR) is 101 cm³/mol. The fourth-order valence-electron chi connectivity index (χ4n) is 3.06. The summed E-state index contributed by atoms with van der Waals surface area (Å²) in [5.41, 5.74) is -0.925. The monoisotopic (exact) mass is 422 g/mol. The molecule has 0 radical (unpaired) electrons. The summed E-state index contributed by atoms with van der Waals surface area (Å²) in [6, 6.07) is 8.34. The van der Waals surface area contributed by atoms with Crippen molar-refractivity contribution < 1.29 is 22.8 Å². The average Bonchev–Trinajstić information content (AvgIpc) is 3.14. The molecule has 0 spiro atoms. The largest absolute Gasteiger partial charge is 0.417 e. The number of anilines is 1. The summed E-state index contributed by atoms with van der Waals surface area (Å²) < 4.78 is 39.4. The molecule has 2 heterocycles. The minimum Gasteiger partial charge on any atom is -0.336 e. The van der Waals surface area contributed by atoms with Crippen LogP contribution in [0.2, 0.25) is 0 Å². The Kier molecular flexibility index (Phi) is 6.20. The lowest BCUT2D eigenvalue weighted by Gasteiger charge is -2.34. The van der Waals surface area contributed by atoms with Crippen LogP contribution in [-0.4, -0.2) is 54.3 Å². The molecule has 1 saturated heterocycles. The van der Waals surface area contributed by atoms with Gasteiger partial charge in [-0.25, -0.2) is 0 Å². The van der Waals surface area contributed by atoms with Gasteiger partial charge in [0.2, 0.25) is 5.91 Å². The summed E-state index contributed by atoms with van der Waals surface area (Å²) >= 11 is 1.25. The molecule has 1 N–H and O–H groups in total. The minimum absolute atomic E-state index is 0.0734. The third-order valence-electron chi connectivity index (χ3n) is 4.53. The van der Waals surface area contributed by atoms with E-state index in [2.05, 4.69) is 5.32 Å². The van der Waals surface area contributed by atoms with E-state index in [1.807, 2.05) is 11.0 Å². The molecular formula is C19H17F3N4O2S. The van der Waals surface area contributed by atoms with Crippen LogP contribution < -0.4 is 5.32 Å². The Labute approximate surface area is 169 Å². The van der Waals surface area contributed by atoms with Crippen LogP contribution in [-0.2, 0) is 11.0 Å². The molecule has 0 bridgehead atoms. The maximum atomic E-state index is 13.1. The van der Waals surface area contributed by atoms with Crippen LogP contribution in [0.1, 0.15) is 21.5 Å². The summed E-state index contributed by atoms with van der Waals surface area (Å²) in [7, 11) is 0. The van der Waals surface area contributed by atoms with Gasteiger partial charge < -0.3 is 10.2 Å². The Bertz CT molecular complexity index is 943. The zero-order valence-corrected chi connectivity index (χ0v) is 16.0. The quantitative estimate of drug-likeness (QED) is 0.822. The van der Waals surface area contributed by atoms with E-state index in [4.69, 9.17) is 5.26 Å². The first-order valence-corrected chi connectivity index (χ1v) is 9.63. The van der Waals surface area contributed by atoms with Crippen LogP contribution >= 0.6 is 11.3 Å². The van der Waals surface area contributed by atoms with Crippen LogP contribution in [0.4, 0.5) is 18.2 Å². The molecule has 0 unspecified atom stereocenters. The van der Waals surface area contributed by atoms with Gasteiger partial charge in [0.1, 0.15) is 11.1 Å². The highest BCUT2D eigenvalue weighted by atomic mass is 32.1. The van der Waals surface area contributed by atoms with Gasteiger partial charge in [-0.05, 0) is 23.6 Å². The highest BCUT2D eigenvalue weighted by molar-refractivity contribution is 7.14. The first-order chi connectivity index (χ1) is 13.8. The summed E-state index contributed by atoms with van der Waals surface area (Å²) in [5.74, 6) is -0.953. The molecule has 1 aliphatic heterocycles. The summed E-state index contributed by atoms with van der Waals surface area (Å²) in [4.78, 5) is 27.9. The molecule has 6 nitrogen and oxygen atoms in total. The van der Waals surface area contributed by atoms with E-state index in [9.17, 15) is 22.8 Å². The van der Waals surface area contributed by atoms with E-state index in [0.717, 1.165) is 6.07 Å². The zero-order chi connectivity index (χ0) is 21.0. The first-order valence-electron chi connectivity index (χ1n) is 8.75. The van der Waals surface area contributed by atoms with Crippen molar-refractivity contribution in [3.05, 3.63) is 52.4 Å². The van der Waals surface area contributed by atoms with E-state index in [0.29, 0.717) is 23.7 Å². The molecule has 3 rings (SSSR count). The molecule has 152 valence electrons.